The van der Waals surface area contributed by atoms with Gasteiger partial charge >= 0.3 is 0 Å². The summed E-state index contributed by atoms with van der Waals surface area (Å²) in [7, 11) is 0. The molecule has 3 aromatic rings. The Balaban J connectivity index is 1.51. The van der Waals surface area contributed by atoms with Crippen LogP contribution in [0.5, 0.6) is 5.75 Å². The van der Waals surface area contributed by atoms with Crippen molar-refractivity contribution < 1.29 is 5.11 Å². The molecule has 4 rings (SSSR count). The molecule has 0 amide bonds. The monoisotopic (exact) mass is 576 g/mol. The molecule has 0 bridgehead atoms. The van der Waals surface area contributed by atoms with Crippen LogP contribution in [0.3, 0.4) is 0 Å². The minimum atomic E-state index is 0.553. The minimum absolute atomic E-state index is 0.553. The second-order valence-electron chi connectivity index (χ2n) is 13.4. The van der Waals surface area contributed by atoms with Crippen LogP contribution in [0.15, 0.2) is 24.3 Å². The topological polar surface area (TPSA) is 20.2 Å². The van der Waals surface area contributed by atoms with Gasteiger partial charge in [0.05, 0.1) is 0 Å². The smallest absolute Gasteiger partial charge is 0.128 e. The van der Waals surface area contributed by atoms with Crippen molar-refractivity contribution in [1.29, 1.82) is 0 Å². The van der Waals surface area contributed by atoms with E-state index in [-0.39, 0.29) is 0 Å². The lowest BCUT2D eigenvalue weighted by atomic mass is 9.71. The van der Waals surface area contributed by atoms with Crippen LogP contribution in [0.1, 0.15) is 154 Å². The number of aromatic hydroxyl groups is 1. The predicted octanol–water partition coefficient (Wildman–Crippen LogP) is 13.0. The Bertz CT molecular complexity index is 1190. The van der Waals surface area contributed by atoms with Gasteiger partial charge in [-0.25, -0.2) is 0 Å². The fourth-order valence-corrected chi connectivity index (χ4v) is 8.74. The van der Waals surface area contributed by atoms with Gasteiger partial charge in [0.2, 0.25) is 0 Å². The molecule has 1 nitrogen and oxygen atoms in total. The van der Waals surface area contributed by atoms with Crippen LogP contribution in [0.4, 0.5) is 0 Å². The van der Waals surface area contributed by atoms with Crippen molar-refractivity contribution in [3.05, 3.63) is 41.0 Å². The highest BCUT2D eigenvalue weighted by atomic mass is 32.1. The summed E-state index contributed by atoms with van der Waals surface area (Å²) in [6.07, 6.45) is 26.9. The molecule has 41 heavy (non-hydrogen) atoms. The average molecular weight is 577 g/mol. The summed E-state index contributed by atoms with van der Waals surface area (Å²) in [5, 5.41) is 13.9. The lowest BCUT2D eigenvalue weighted by Crippen LogP contribution is -2.25. The molecule has 0 saturated carbocycles. The van der Waals surface area contributed by atoms with Crippen LogP contribution in [-0.4, -0.2) is 5.11 Å². The highest BCUT2D eigenvalue weighted by Crippen LogP contribution is 2.45. The van der Waals surface area contributed by atoms with E-state index in [1.807, 2.05) is 11.3 Å². The van der Waals surface area contributed by atoms with Crippen LogP contribution < -0.4 is 0 Å². The Morgan fingerprint density at radius 3 is 1.78 bits per heavy atom. The van der Waals surface area contributed by atoms with Crippen LogP contribution >= 0.6 is 11.3 Å². The summed E-state index contributed by atoms with van der Waals surface area (Å²) >= 11 is 1.88. The van der Waals surface area contributed by atoms with Crippen LogP contribution in [0, 0.1) is 17.8 Å². The lowest BCUT2D eigenvalue weighted by Gasteiger charge is -2.34. The van der Waals surface area contributed by atoms with E-state index < -0.39 is 0 Å². The fourth-order valence-electron chi connectivity index (χ4n) is 7.58. The first-order valence-corrected chi connectivity index (χ1v) is 18.6. The van der Waals surface area contributed by atoms with Gasteiger partial charge in [-0.2, -0.15) is 0 Å². The van der Waals surface area contributed by atoms with Crippen molar-refractivity contribution in [2.24, 2.45) is 17.8 Å². The molecule has 2 atom stereocenters. The summed E-state index contributed by atoms with van der Waals surface area (Å²) in [5.41, 5.74) is 4.32. The average Bonchev–Trinajstić information content (AvgIpc) is 3.35. The summed E-state index contributed by atoms with van der Waals surface area (Å²) < 4.78 is 2.62. The van der Waals surface area contributed by atoms with Crippen molar-refractivity contribution in [2.45, 2.75) is 156 Å². The number of hydrogen-bond acceptors (Lipinski definition) is 2. The number of fused-ring (bicyclic) bond motifs is 4. The third-order valence-electron chi connectivity index (χ3n) is 10.4. The van der Waals surface area contributed by atoms with E-state index in [1.165, 1.54) is 137 Å². The Labute approximate surface area is 256 Å². The van der Waals surface area contributed by atoms with E-state index in [0.29, 0.717) is 11.7 Å². The Hall–Kier alpha value is -1.54. The first-order chi connectivity index (χ1) is 20.1. The van der Waals surface area contributed by atoms with E-state index in [4.69, 9.17) is 0 Å². The van der Waals surface area contributed by atoms with Crippen molar-refractivity contribution in [2.75, 3.05) is 0 Å². The zero-order valence-corrected chi connectivity index (χ0v) is 27.9. The van der Waals surface area contributed by atoms with Crippen molar-refractivity contribution in [1.82, 2.24) is 0 Å². The molecule has 1 aromatic heterocycles. The van der Waals surface area contributed by atoms with Crippen molar-refractivity contribution in [3.63, 3.8) is 0 Å². The molecule has 0 spiro atoms. The Kier molecular flexibility index (Phi) is 13.4. The normalized spacial score (nSPS) is 17.2. The molecule has 1 heterocycles. The zero-order chi connectivity index (χ0) is 29.0. The predicted molar refractivity (Wildman–Crippen MR) is 184 cm³/mol. The van der Waals surface area contributed by atoms with Gasteiger partial charge in [-0.15, -0.1) is 11.3 Å². The van der Waals surface area contributed by atoms with E-state index in [1.54, 1.807) is 11.1 Å². The molecule has 2 heteroatoms. The van der Waals surface area contributed by atoms with Crippen LogP contribution in [-0.2, 0) is 19.3 Å². The second kappa shape index (κ2) is 16.9. The number of benzene rings is 2. The van der Waals surface area contributed by atoms with Crippen LogP contribution in [0.25, 0.3) is 20.2 Å². The maximum absolute atomic E-state index is 11.5. The molecule has 2 aromatic carbocycles. The van der Waals surface area contributed by atoms with Gasteiger partial charge in [-0.1, -0.05) is 130 Å². The molecule has 1 N–H and O–H groups in total. The molecule has 2 unspecified atom stereocenters. The number of unbranched alkanes of at least 4 members (excludes halogenated alkanes) is 11. The number of hydrogen-bond donors (Lipinski definition) is 1. The van der Waals surface area contributed by atoms with Gasteiger partial charge in [0, 0.05) is 20.2 Å². The quantitative estimate of drug-likeness (QED) is 0.141. The number of thiophene rings is 1. The van der Waals surface area contributed by atoms with Crippen LogP contribution in [0.2, 0.25) is 0 Å². The summed E-state index contributed by atoms with van der Waals surface area (Å²) in [6.45, 7) is 9.18. The number of phenolic OH excluding ortho intramolecular Hbond substituents is 1. The maximum Gasteiger partial charge on any atom is 0.128 e. The first kappa shape index (κ1) is 32.4. The zero-order valence-electron chi connectivity index (χ0n) is 27.0. The Morgan fingerprint density at radius 2 is 1.22 bits per heavy atom. The van der Waals surface area contributed by atoms with Gasteiger partial charge in [-0.3, -0.25) is 0 Å². The molecule has 0 saturated heterocycles. The minimum Gasteiger partial charge on any atom is -0.507 e. The number of phenols is 1. The van der Waals surface area contributed by atoms with Gasteiger partial charge in [-0.05, 0) is 84.7 Å². The van der Waals surface area contributed by atoms with Crippen molar-refractivity contribution in [3.8, 4) is 5.75 Å². The third-order valence-corrected chi connectivity index (χ3v) is 11.5. The Morgan fingerprint density at radius 1 is 0.683 bits per heavy atom. The molecule has 0 aliphatic heterocycles. The molecular weight excluding hydrogens is 516 g/mol. The van der Waals surface area contributed by atoms with E-state index >= 15 is 0 Å². The van der Waals surface area contributed by atoms with Gasteiger partial charge < -0.3 is 5.11 Å². The van der Waals surface area contributed by atoms with E-state index in [9.17, 15) is 5.11 Å². The molecule has 228 valence electrons. The highest BCUT2D eigenvalue weighted by Gasteiger charge is 2.29. The molecule has 1 aliphatic carbocycles. The summed E-state index contributed by atoms with van der Waals surface area (Å²) in [5.74, 6) is 2.87. The second-order valence-corrected chi connectivity index (χ2v) is 14.5. The largest absolute Gasteiger partial charge is 0.507 e. The van der Waals surface area contributed by atoms with E-state index in [2.05, 4.69) is 52.0 Å². The molecule has 0 fully saturated rings. The maximum atomic E-state index is 11.5. The standard InChI is InChI=1S/C39H60OS/c1-5-9-11-13-15-17-19-21-31-26-34-28-37-35(27-33(34)25-30(31)20-18-16-14-12-10-6-2)38-36(41-37)23-22-32(39(38)40)24-29(7-3)8-4/h22-23,27-31,40H,5-21,24-26H2,1-4H3. The van der Waals surface area contributed by atoms with Gasteiger partial charge in [0.15, 0.2) is 0 Å². The van der Waals surface area contributed by atoms with Crippen molar-refractivity contribution >= 4 is 31.5 Å². The highest BCUT2D eigenvalue weighted by molar-refractivity contribution is 7.25. The molecular formula is C39H60OS. The SMILES string of the molecule is CCCCCCCCCC1Cc2cc3sc4ccc(CC(CC)CC)c(O)c4c3cc2CC1CCCCCCCC. The van der Waals surface area contributed by atoms with Gasteiger partial charge in [0.25, 0.3) is 0 Å². The molecule has 0 radical (unpaired) electrons. The third kappa shape index (κ3) is 8.75. The first-order valence-electron chi connectivity index (χ1n) is 17.8. The fraction of sp³-hybridized carbons (Fsp3) is 0.692. The lowest BCUT2D eigenvalue weighted by molar-refractivity contribution is 0.259. The molecule has 1 aliphatic rings. The summed E-state index contributed by atoms with van der Waals surface area (Å²) in [4.78, 5) is 0. The summed E-state index contributed by atoms with van der Waals surface area (Å²) in [6, 6.07) is 9.50. The van der Waals surface area contributed by atoms with E-state index in [0.717, 1.165) is 29.2 Å². The number of rotatable bonds is 19. The van der Waals surface area contributed by atoms with Gasteiger partial charge in [0.1, 0.15) is 5.75 Å².